The number of carbonyl (C=O) groups is 1. The number of hydrogen-bond donors (Lipinski definition) is 1. The molecule has 0 atom stereocenters. The Morgan fingerprint density at radius 3 is 2.87 bits per heavy atom. The van der Waals surface area contributed by atoms with Gasteiger partial charge in [0.25, 0.3) is 0 Å². The first-order chi connectivity index (χ1) is 14.7. The number of nitrogens with one attached hydrogen (secondary N) is 1. The molecule has 0 aliphatic heterocycles. The van der Waals surface area contributed by atoms with Crippen LogP contribution in [0.3, 0.4) is 0 Å². The first-order valence-electron chi connectivity index (χ1n) is 10.3. The lowest BCUT2D eigenvalue weighted by Crippen LogP contribution is -2.29. The summed E-state index contributed by atoms with van der Waals surface area (Å²) < 4.78 is 15.0. The SMILES string of the molecule is O=C(Cn1c(SCc2ccc(F)cc2)nc2ccncc21)NCCC1=CCCCC1. The summed E-state index contributed by atoms with van der Waals surface area (Å²) in [6.45, 7) is 0.862. The van der Waals surface area contributed by atoms with Crippen LogP contribution in [0.1, 0.15) is 37.7 Å². The van der Waals surface area contributed by atoms with E-state index < -0.39 is 0 Å². The molecule has 156 valence electrons. The molecule has 0 bridgehead atoms. The van der Waals surface area contributed by atoms with Crippen molar-refractivity contribution in [3.8, 4) is 0 Å². The van der Waals surface area contributed by atoms with Crippen molar-refractivity contribution in [2.24, 2.45) is 0 Å². The van der Waals surface area contributed by atoms with Crippen molar-refractivity contribution in [3.05, 3.63) is 65.8 Å². The van der Waals surface area contributed by atoms with Gasteiger partial charge in [0.15, 0.2) is 5.16 Å². The van der Waals surface area contributed by atoms with E-state index in [1.807, 2.05) is 10.6 Å². The fraction of sp³-hybridized carbons (Fsp3) is 0.348. The van der Waals surface area contributed by atoms with Crippen LogP contribution in [0, 0.1) is 5.82 Å². The van der Waals surface area contributed by atoms with Gasteiger partial charge in [-0.15, -0.1) is 0 Å². The largest absolute Gasteiger partial charge is 0.354 e. The molecule has 1 aliphatic rings. The Balaban J connectivity index is 1.42. The predicted octanol–water partition coefficient (Wildman–Crippen LogP) is 4.87. The summed E-state index contributed by atoms with van der Waals surface area (Å²) in [7, 11) is 0. The normalized spacial score (nSPS) is 14.0. The number of allylic oxidation sites excluding steroid dienone is 1. The van der Waals surface area contributed by atoms with E-state index in [2.05, 4.69) is 21.4 Å². The number of imidazole rings is 1. The molecular weight excluding hydrogens is 399 g/mol. The first kappa shape index (κ1) is 20.6. The number of rotatable bonds is 8. The molecule has 0 unspecified atom stereocenters. The third-order valence-corrected chi connectivity index (χ3v) is 6.30. The number of nitrogens with zero attached hydrogens (tertiary/aromatic N) is 3. The highest BCUT2D eigenvalue weighted by Crippen LogP contribution is 2.26. The summed E-state index contributed by atoms with van der Waals surface area (Å²) in [5, 5.41) is 3.80. The average Bonchev–Trinajstić information content (AvgIpc) is 3.11. The zero-order chi connectivity index (χ0) is 20.8. The van der Waals surface area contributed by atoms with Crippen LogP contribution < -0.4 is 5.32 Å². The van der Waals surface area contributed by atoms with Gasteiger partial charge in [-0.2, -0.15) is 0 Å². The summed E-state index contributed by atoms with van der Waals surface area (Å²) in [5.41, 5.74) is 4.11. The second-order valence-corrected chi connectivity index (χ2v) is 8.41. The predicted molar refractivity (Wildman–Crippen MR) is 118 cm³/mol. The van der Waals surface area contributed by atoms with Crippen LogP contribution in [0.25, 0.3) is 11.0 Å². The number of fused-ring (bicyclic) bond motifs is 1. The van der Waals surface area contributed by atoms with Crippen molar-refractivity contribution in [2.75, 3.05) is 6.54 Å². The number of halogens is 1. The minimum Gasteiger partial charge on any atom is -0.354 e. The number of hydrogen-bond acceptors (Lipinski definition) is 4. The van der Waals surface area contributed by atoms with Crippen LogP contribution in [0.4, 0.5) is 4.39 Å². The van der Waals surface area contributed by atoms with Crippen LogP contribution >= 0.6 is 11.8 Å². The number of carbonyl (C=O) groups excluding carboxylic acids is 1. The molecule has 1 aromatic carbocycles. The molecule has 0 saturated carbocycles. The van der Waals surface area contributed by atoms with Gasteiger partial charge in [0, 0.05) is 18.5 Å². The summed E-state index contributed by atoms with van der Waals surface area (Å²) in [6.07, 6.45) is 11.5. The molecule has 1 aliphatic carbocycles. The van der Waals surface area contributed by atoms with Gasteiger partial charge < -0.3 is 9.88 Å². The molecule has 5 nitrogen and oxygen atoms in total. The van der Waals surface area contributed by atoms with Crippen molar-refractivity contribution in [3.63, 3.8) is 0 Å². The Hall–Kier alpha value is -2.67. The molecular formula is C23H25FN4OS. The van der Waals surface area contributed by atoms with Crippen molar-refractivity contribution < 1.29 is 9.18 Å². The lowest BCUT2D eigenvalue weighted by molar-refractivity contribution is -0.121. The topological polar surface area (TPSA) is 59.8 Å². The second kappa shape index (κ2) is 9.89. The van der Waals surface area contributed by atoms with Crippen LogP contribution in [-0.2, 0) is 17.1 Å². The summed E-state index contributed by atoms with van der Waals surface area (Å²) >= 11 is 1.53. The molecule has 2 heterocycles. The summed E-state index contributed by atoms with van der Waals surface area (Å²) in [5.74, 6) is 0.369. The van der Waals surface area contributed by atoms with E-state index in [0.717, 1.165) is 41.0 Å². The van der Waals surface area contributed by atoms with E-state index in [9.17, 15) is 9.18 Å². The third-order valence-electron chi connectivity index (χ3n) is 5.25. The number of aromatic nitrogens is 3. The van der Waals surface area contributed by atoms with Gasteiger partial charge in [-0.1, -0.05) is 35.5 Å². The molecule has 3 aromatic rings. The Kier molecular flexibility index (Phi) is 6.79. The Morgan fingerprint density at radius 1 is 1.20 bits per heavy atom. The maximum atomic E-state index is 13.1. The van der Waals surface area contributed by atoms with E-state index in [0.29, 0.717) is 12.3 Å². The van der Waals surface area contributed by atoms with E-state index in [-0.39, 0.29) is 18.3 Å². The lowest BCUT2D eigenvalue weighted by Gasteiger charge is -2.13. The lowest BCUT2D eigenvalue weighted by atomic mass is 9.97. The fourth-order valence-electron chi connectivity index (χ4n) is 3.63. The van der Waals surface area contributed by atoms with Crippen LogP contribution in [0.5, 0.6) is 0 Å². The van der Waals surface area contributed by atoms with Crippen LogP contribution in [-0.4, -0.2) is 27.0 Å². The van der Waals surface area contributed by atoms with Gasteiger partial charge >= 0.3 is 0 Å². The Bertz CT molecular complexity index is 1050. The summed E-state index contributed by atoms with van der Waals surface area (Å²) in [4.78, 5) is 21.5. The standard InChI is InChI=1S/C23H25FN4OS/c24-19-8-6-18(7-9-19)16-30-23-27-20-11-12-25-14-21(20)28(23)15-22(29)26-13-10-17-4-2-1-3-5-17/h4,6-9,11-12,14H,1-3,5,10,13,15-16H2,(H,26,29). The molecule has 0 fully saturated rings. The van der Waals surface area contributed by atoms with Crippen LogP contribution in [0.15, 0.2) is 59.5 Å². The van der Waals surface area contributed by atoms with Crippen molar-refractivity contribution >= 4 is 28.7 Å². The molecule has 0 radical (unpaired) electrons. The zero-order valence-corrected chi connectivity index (χ0v) is 17.6. The van der Waals surface area contributed by atoms with Crippen molar-refractivity contribution in [1.82, 2.24) is 19.9 Å². The fourth-order valence-corrected chi connectivity index (χ4v) is 4.60. The monoisotopic (exact) mass is 424 g/mol. The van der Waals surface area contributed by atoms with Crippen molar-refractivity contribution in [2.45, 2.75) is 49.6 Å². The van der Waals surface area contributed by atoms with Gasteiger partial charge in [0.1, 0.15) is 12.4 Å². The molecule has 0 saturated heterocycles. The van der Waals surface area contributed by atoms with Crippen LogP contribution in [0.2, 0.25) is 0 Å². The molecule has 0 spiro atoms. The highest BCUT2D eigenvalue weighted by atomic mass is 32.2. The second-order valence-electron chi connectivity index (χ2n) is 7.47. The van der Waals surface area contributed by atoms with E-state index >= 15 is 0 Å². The van der Waals surface area contributed by atoms with Crippen molar-refractivity contribution in [1.29, 1.82) is 0 Å². The van der Waals surface area contributed by atoms with E-state index in [4.69, 9.17) is 0 Å². The smallest absolute Gasteiger partial charge is 0.240 e. The highest BCUT2D eigenvalue weighted by Gasteiger charge is 2.15. The Labute approximate surface area is 179 Å². The number of amides is 1. The number of thioether (sulfide) groups is 1. The number of pyridine rings is 1. The zero-order valence-electron chi connectivity index (χ0n) is 16.8. The average molecular weight is 425 g/mol. The molecule has 1 amide bonds. The van der Waals surface area contributed by atoms with Gasteiger partial charge in [-0.05, 0) is 55.9 Å². The van der Waals surface area contributed by atoms with E-state index in [1.54, 1.807) is 24.5 Å². The molecule has 4 rings (SSSR count). The van der Waals surface area contributed by atoms with Gasteiger partial charge in [-0.25, -0.2) is 9.37 Å². The maximum absolute atomic E-state index is 13.1. The minimum atomic E-state index is -0.247. The molecule has 2 aromatic heterocycles. The minimum absolute atomic E-state index is 0.0294. The van der Waals surface area contributed by atoms with Gasteiger partial charge in [-0.3, -0.25) is 9.78 Å². The quantitative estimate of drug-likeness (QED) is 0.414. The first-order valence-corrected chi connectivity index (χ1v) is 11.3. The van der Waals surface area contributed by atoms with E-state index in [1.165, 1.54) is 42.3 Å². The Morgan fingerprint density at radius 2 is 2.07 bits per heavy atom. The summed E-state index contributed by atoms with van der Waals surface area (Å²) in [6, 6.07) is 8.30. The highest BCUT2D eigenvalue weighted by molar-refractivity contribution is 7.98. The number of benzene rings is 1. The third kappa shape index (κ3) is 5.27. The molecule has 30 heavy (non-hydrogen) atoms. The van der Waals surface area contributed by atoms with Gasteiger partial charge in [0.05, 0.1) is 17.2 Å². The maximum Gasteiger partial charge on any atom is 0.240 e. The molecule has 7 heteroatoms. The molecule has 1 N–H and O–H groups in total. The van der Waals surface area contributed by atoms with Gasteiger partial charge in [0.2, 0.25) is 5.91 Å².